The summed E-state index contributed by atoms with van der Waals surface area (Å²) in [5, 5.41) is 0.385. The maximum Gasteiger partial charge on any atom is 0.377 e. The molecule has 0 saturated heterocycles. The number of amides is 2. The molecule has 0 N–H and O–H groups in total. The van der Waals surface area contributed by atoms with Gasteiger partial charge in [-0.3, -0.25) is 9.59 Å². The number of benzene rings is 1. The van der Waals surface area contributed by atoms with Crippen molar-refractivity contribution >= 4 is 23.8 Å². The number of ether oxygens (including phenoxy) is 2. The van der Waals surface area contributed by atoms with Crippen LogP contribution < -0.4 is 0 Å². The van der Waals surface area contributed by atoms with Gasteiger partial charge in [0.15, 0.2) is 0 Å². The van der Waals surface area contributed by atoms with Crippen LogP contribution in [0, 0.1) is 0 Å². The molecule has 0 atom stereocenters. The van der Waals surface area contributed by atoms with Gasteiger partial charge < -0.3 is 14.3 Å². The number of nitrogens with zero attached hydrogens (tertiary/aromatic N) is 1. The van der Waals surface area contributed by atoms with Crippen molar-refractivity contribution in [2.24, 2.45) is 0 Å². The van der Waals surface area contributed by atoms with E-state index in [1.165, 1.54) is 12.1 Å². The minimum absolute atomic E-state index is 0.134. The molecule has 1 heterocycles. The van der Waals surface area contributed by atoms with Crippen molar-refractivity contribution in [1.29, 1.82) is 0 Å². The summed E-state index contributed by atoms with van der Waals surface area (Å²) in [7, 11) is 2.15. The molecule has 2 amide bonds. The Morgan fingerprint density at radius 3 is 2.00 bits per heavy atom. The normalized spacial score (nSPS) is 13.7. The molecule has 0 saturated carbocycles. The van der Waals surface area contributed by atoms with Gasteiger partial charge in [0.1, 0.15) is 0 Å². The summed E-state index contributed by atoms with van der Waals surface area (Å²) in [5.74, 6) is -4.09. The molecule has 0 unspecified atom stereocenters. The standard InChI is InChI=1S/C14H11NO7/c1-20-11(16)7-10(14(19)21-2)22-15-12(17)8-5-3-4-6-9(8)13(15)18/h3-7H,1-2H3. The number of methoxy groups -OCH3 is 2. The average molecular weight is 305 g/mol. The summed E-state index contributed by atoms with van der Waals surface area (Å²) in [6.45, 7) is 0. The maximum absolute atomic E-state index is 12.1. The highest BCUT2D eigenvalue weighted by Gasteiger charge is 2.39. The lowest BCUT2D eigenvalue weighted by molar-refractivity contribution is -0.148. The van der Waals surface area contributed by atoms with Crippen LogP contribution in [-0.4, -0.2) is 43.0 Å². The Morgan fingerprint density at radius 1 is 1.00 bits per heavy atom. The highest BCUT2D eigenvalue weighted by molar-refractivity contribution is 6.20. The quantitative estimate of drug-likeness (QED) is 0.344. The van der Waals surface area contributed by atoms with Crippen molar-refractivity contribution in [3.8, 4) is 0 Å². The van der Waals surface area contributed by atoms with Gasteiger partial charge in [-0.1, -0.05) is 17.2 Å². The van der Waals surface area contributed by atoms with Gasteiger partial charge in [0.2, 0.25) is 5.76 Å². The van der Waals surface area contributed by atoms with Gasteiger partial charge in [-0.05, 0) is 12.1 Å². The fourth-order valence-corrected chi connectivity index (χ4v) is 1.74. The van der Waals surface area contributed by atoms with Crippen molar-refractivity contribution in [2.75, 3.05) is 14.2 Å². The highest BCUT2D eigenvalue weighted by Crippen LogP contribution is 2.24. The van der Waals surface area contributed by atoms with Crippen LogP contribution in [0.2, 0.25) is 0 Å². The van der Waals surface area contributed by atoms with E-state index in [1.54, 1.807) is 12.1 Å². The molecular weight excluding hydrogens is 294 g/mol. The zero-order valence-corrected chi connectivity index (χ0v) is 11.7. The first-order valence-corrected chi connectivity index (χ1v) is 6.03. The second kappa shape index (κ2) is 6.08. The molecule has 2 rings (SSSR count). The van der Waals surface area contributed by atoms with Crippen LogP contribution in [0.3, 0.4) is 0 Å². The van der Waals surface area contributed by atoms with Crippen molar-refractivity contribution in [3.05, 3.63) is 47.2 Å². The Kier molecular flexibility index (Phi) is 4.21. The molecule has 114 valence electrons. The topological polar surface area (TPSA) is 99.2 Å². The molecule has 8 heteroatoms. The van der Waals surface area contributed by atoms with Crippen LogP contribution in [0.5, 0.6) is 0 Å². The van der Waals surface area contributed by atoms with Gasteiger partial charge in [-0.25, -0.2) is 9.59 Å². The number of hydrogen-bond acceptors (Lipinski definition) is 7. The number of esters is 2. The molecule has 0 radical (unpaired) electrons. The molecule has 1 aliphatic rings. The highest BCUT2D eigenvalue weighted by atomic mass is 16.7. The Labute approximate surface area is 124 Å². The molecule has 0 aromatic heterocycles. The lowest BCUT2D eigenvalue weighted by atomic mass is 10.1. The third-order valence-electron chi connectivity index (χ3n) is 2.78. The third-order valence-corrected chi connectivity index (χ3v) is 2.78. The van der Waals surface area contributed by atoms with E-state index in [1.807, 2.05) is 0 Å². The van der Waals surface area contributed by atoms with E-state index in [0.717, 1.165) is 14.2 Å². The average Bonchev–Trinajstić information content (AvgIpc) is 2.78. The third kappa shape index (κ3) is 2.66. The molecule has 1 aliphatic heterocycles. The number of carbonyl (C=O) groups is 4. The smallest absolute Gasteiger partial charge is 0.377 e. The molecular formula is C14H11NO7. The van der Waals surface area contributed by atoms with Gasteiger partial charge in [-0.15, -0.1) is 0 Å². The van der Waals surface area contributed by atoms with Gasteiger partial charge in [0, 0.05) is 0 Å². The van der Waals surface area contributed by atoms with E-state index in [-0.39, 0.29) is 11.1 Å². The lowest BCUT2D eigenvalue weighted by Crippen LogP contribution is -2.31. The number of carbonyl (C=O) groups excluding carboxylic acids is 4. The number of hydrogen-bond donors (Lipinski definition) is 0. The number of rotatable bonds is 4. The minimum atomic E-state index is -1.04. The number of fused-ring (bicyclic) bond motifs is 1. The van der Waals surface area contributed by atoms with Gasteiger partial charge in [0.25, 0.3) is 11.8 Å². The molecule has 22 heavy (non-hydrogen) atoms. The van der Waals surface area contributed by atoms with E-state index in [2.05, 4.69) is 9.47 Å². The molecule has 0 fully saturated rings. The molecule has 0 aliphatic carbocycles. The lowest BCUT2D eigenvalue weighted by Gasteiger charge is -2.15. The van der Waals surface area contributed by atoms with Crippen LogP contribution in [0.1, 0.15) is 20.7 Å². The second-order valence-electron chi connectivity index (χ2n) is 4.06. The van der Waals surface area contributed by atoms with Crippen molar-refractivity contribution in [1.82, 2.24) is 5.06 Å². The van der Waals surface area contributed by atoms with Gasteiger partial charge in [0.05, 0.1) is 31.4 Å². The molecule has 1 aromatic rings. The molecule has 0 bridgehead atoms. The summed E-state index contributed by atoms with van der Waals surface area (Å²) in [6.07, 6.45) is 0.676. The van der Waals surface area contributed by atoms with E-state index in [4.69, 9.17) is 4.84 Å². The minimum Gasteiger partial charge on any atom is -0.466 e. The number of hydroxylamine groups is 2. The van der Waals surface area contributed by atoms with E-state index in [0.29, 0.717) is 11.1 Å². The SMILES string of the molecule is COC(=O)C=C(ON1C(=O)c2ccccc2C1=O)C(=O)OC. The van der Waals surface area contributed by atoms with Crippen LogP contribution in [0.4, 0.5) is 0 Å². The van der Waals surface area contributed by atoms with E-state index >= 15 is 0 Å². The molecule has 1 aromatic carbocycles. The molecule has 8 nitrogen and oxygen atoms in total. The Morgan fingerprint density at radius 2 is 1.55 bits per heavy atom. The summed E-state index contributed by atoms with van der Waals surface area (Å²) < 4.78 is 8.79. The fraction of sp³-hybridized carbons (Fsp3) is 0.143. The van der Waals surface area contributed by atoms with Gasteiger partial charge >= 0.3 is 11.9 Å². The summed E-state index contributed by atoms with van der Waals surface area (Å²) in [5.41, 5.74) is 0.268. The predicted molar refractivity (Wildman–Crippen MR) is 70.1 cm³/mol. The summed E-state index contributed by atoms with van der Waals surface area (Å²) in [6, 6.07) is 6.06. The first kappa shape index (κ1) is 15.2. The fourth-order valence-electron chi connectivity index (χ4n) is 1.74. The monoisotopic (exact) mass is 305 g/mol. The van der Waals surface area contributed by atoms with E-state index in [9.17, 15) is 19.2 Å². The van der Waals surface area contributed by atoms with Crippen molar-refractivity contribution in [2.45, 2.75) is 0 Å². The van der Waals surface area contributed by atoms with E-state index < -0.39 is 29.5 Å². The van der Waals surface area contributed by atoms with Crippen LogP contribution >= 0.6 is 0 Å². The Bertz CT molecular complexity index is 657. The first-order valence-electron chi connectivity index (χ1n) is 6.03. The van der Waals surface area contributed by atoms with Crippen LogP contribution in [0.15, 0.2) is 36.1 Å². The Balaban J connectivity index is 2.31. The molecule has 0 spiro atoms. The maximum atomic E-state index is 12.1. The van der Waals surface area contributed by atoms with Gasteiger partial charge in [-0.2, -0.15) is 0 Å². The van der Waals surface area contributed by atoms with Crippen LogP contribution in [0.25, 0.3) is 0 Å². The zero-order chi connectivity index (χ0) is 16.3. The summed E-state index contributed by atoms with van der Waals surface area (Å²) in [4.78, 5) is 51.9. The zero-order valence-electron chi connectivity index (χ0n) is 11.7. The Hall–Kier alpha value is -3.16. The predicted octanol–water partition coefficient (Wildman–Crippen LogP) is 0.444. The van der Waals surface area contributed by atoms with Crippen molar-refractivity contribution in [3.63, 3.8) is 0 Å². The largest absolute Gasteiger partial charge is 0.466 e. The van der Waals surface area contributed by atoms with Crippen molar-refractivity contribution < 1.29 is 33.5 Å². The summed E-state index contributed by atoms with van der Waals surface area (Å²) >= 11 is 0. The second-order valence-corrected chi connectivity index (χ2v) is 4.06. The first-order chi connectivity index (χ1) is 10.5. The number of imide groups is 1. The van der Waals surface area contributed by atoms with Crippen LogP contribution in [-0.2, 0) is 23.9 Å².